The van der Waals surface area contributed by atoms with E-state index >= 15 is 0 Å². The number of halogens is 1. The number of thiophene rings is 1. The van der Waals surface area contributed by atoms with Gasteiger partial charge in [0.05, 0.1) is 12.2 Å². The van der Waals surface area contributed by atoms with Gasteiger partial charge in [0.2, 0.25) is 0 Å². The normalized spacial score (nSPS) is 13.8. The van der Waals surface area contributed by atoms with Gasteiger partial charge in [-0.25, -0.2) is 4.99 Å². The predicted molar refractivity (Wildman–Crippen MR) is 120 cm³/mol. The first-order valence-corrected chi connectivity index (χ1v) is 9.65. The predicted octanol–water partition coefficient (Wildman–Crippen LogP) is 3.03. The molecule has 0 radical (unpaired) electrons. The maximum absolute atomic E-state index is 10.6. The third-order valence-corrected chi connectivity index (χ3v) is 4.66. The van der Waals surface area contributed by atoms with Gasteiger partial charge in [0.25, 0.3) is 0 Å². The van der Waals surface area contributed by atoms with Crippen molar-refractivity contribution in [2.75, 3.05) is 19.6 Å². The van der Waals surface area contributed by atoms with E-state index in [-0.39, 0.29) is 24.0 Å². The zero-order valence-electron chi connectivity index (χ0n) is 16.0. The lowest BCUT2D eigenvalue weighted by Crippen LogP contribution is -2.39. The van der Waals surface area contributed by atoms with Gasteiger partial charge in [-0.05, 0) is 62.6 Å². The van der Waals surface area contributed by atoms with Crippen LogP contribution in [0.4, 0.5) is 0 Å². The van der Waals surface area contributed by atoms with Gasteiger partial charge in [-0.1, -0.05) is 0 Å². The van der Waals surface area contributed by atoms with Crippen molar-refractivity contribution in [3.63, 3.8) is 0 Å². The Kier molecular flexibility index (Phi) is 9.59. The van der Waals surface area contributed by atoms with Gasteiger partial charge in [0, 0.05) is 25.3 Å². The monoisotopic (exact) mass is 491 g/mol. The van der Waals surface area contributed by atoms with Crippen LogP contribution in [-0.2, 0) is 12.1 Å². The standard InChI is InChI=1S/C18H29N5OS.HI/c1-5-19-17(21-13-18(4,24)16-7-10-25-12-16)20-8-6-9-23-15(3)11-14(2)22-23;/h7,10-12,24H,5-6,8-9,13H2,1-4H3,(H2,19,20,21);1H. The van der Waals surface area contributed by atoms with Crippen molar-refractivity contribution in [3.8, 4) is 0 Å². The fourth-order valence-corrected chi connectivity index (χ4v) is 3.36. The molecule has 8 heteroatoms. The van der Waals surface area contributed by atoms with Crippen LogP contribution in [0.25, 0.3) is 0 Å². The van der Waals surface area contributed by atoms with Crippen molar-refractivity contribution in [3.05, 3.63) is 39.8 Å². The molecule has 6 nitrogen and oxygen atoms in total. The molecule has 2 rings (SSSR count). The van der Waals surface area contributed by atoms with Gasteiger partial charge < -0.3 is 15.7 Å². The summed E-state index contributed by atoms with van der Waals surface area (Å²) in [6.07, 6.45) is 0.952. The minimum Gasteiger partial charge on any atom is -0.383 e. The molecule has 0 aromatic carbocycles. The highest BCUT2D eigenvalue weighted by Gasteiger charge is 2.23. The Bertz CT molecular complexity index is 682. The van der Waals surface area contributed by atoms with Crippen molar-refractivity contribution in [1.82, 2.24) is 20.4 Å². The van der Waals surface area contributed by atoms with E-state index in [4.69, 9.17) is 0 Å². The third kappa shape index (κ3) is 6.88. The molecule has 1 atom stereocenters. The van der Waals surface area contributed by atoms with Crippen LogP contribution < -0.4 is 10.6 Å². The summed E-state index contributed by atoms with van der Waals surface area (Å²) in [5.74, 6) is 0.728. The van der Waals surface area contributed by atoms with Crippen LogP contribution in [0.5, 0.6) is 0 Å². The summed E-state index contributed by atoms with van der Waals surface area (Å²) in [6, 6.07) is 4.03. The number of rotatable bonds is 8. The first-order chi connectivity index (χ1) is 11.9. The Morgan fingerprint density at radius 2 is 2.15 bits per heavy atom. The van der Waals surface area contributed by atoms with Crippen LogP contribution in [0.2, 0.25) is 0 Å². The molecule has 2 heterocycles. The van der Waals surface area contributed by atoms with Crippen LogP contribution in [0, 0.1) is 13.8 Å². The van der Waals surface area contributed by atoms with Crippen molar-refractivity contribution >= 4 is 41.3 Å². The van der Waals surface area contributed by atoms with E-state index in [1.54, 1.807) is 18.3 Å². The van der Waals surface area contributed by atoms with Gasteiger partial charge >= 0.3 is 0 Å². The summed E-state index contributed by atoms with van der Waals surface area (Å²) >= 11 is 1.58. The molecular formula is C18H30IN5OS. The highest BCUT2D eigenvalue weighted by Crippen LogP contribution is 2.23. The zero-order chi connectivity index (χ0) is 18.3. The molecule has 3 N–H and O–H groups in total. The molecule has 0 amide bonds. The van der Waals surface area contributed by atoms with Gasteiger partial charge in [-0.15, -0.1) is 24.0 Å². The number of aryl methyl sites for hydroxylation is 3. The number of nitrogens with zero attached hydrogens (tertiary/aromatic N) is 3. The minimum absolute atomic E-state index is 0. The highest BCUT2D eigenvalue weighted by atomic mass is 127. The Morgan fingerprint density at radius 1 is 1.38 bits per heavy atom. The molecule has 0 aliphatic carbocycles. The van der Waals surface area contributed by atoms with E-state index in [1.807, 2.05) is 35.4 Å². The van der Waals surface area contributed by atoms with Crippen molar-refractivity contribution < 1.29 is 5.11 Å². The Hall–Kier alpha value is -1.13. The second-order valence-electron chi connectivity index (χ2n) is 6.41. The second-order valence-corrected chi connectivity index (χ2v) is 7.19. The molecule has 0 saturated heterocycles. The highest BCUT2D eigenvalue weighted by molar-refractivity contribution is 14.0. The summed E-state index contributed by atoms with van der Waals surface area (Å²) in [5.41, 5.74) is 2.19. The number of aromatic nitrogens is 2. The fraction of sp³-hybridized carbons (Fsp3) is 0.556. The lowest BCUT2D eigenvalue weighted by molar-refractivity contribution is 0.0677. The second kappa shape index (κ2) is 10.9. The average molecular weight is 491 g/mol. The summed E-state index contributed by atoms with van der Waals surface area (Å²) in [5, 5.41) is 25.5. The fourth-order valence-electron chi connectivity index (χ4n) is 2.57. The zero-order valence-corrected chi connectivity index (χ0v) is 19.1. The quantitative estimate of drug-likeness (QED) is 0.230. The van der Waals surface area contributed by atoms with Crippen LogP contribution in [0.3, 0.4) is 0 Å². The molecular weight excluding hydrogens is 461 g/mol. The Morgan fingerprint density at radius 3 is 2.73 bits per heavy atom. The SMILES string of the molecule is CCNC(=NCC(C)(O)c1ccsc1)NCCCn1nc(C)cc1C.I. The van der Waals surface area contributed by atoms with E-state index < -0.39 is 5.60 Å². The van der Waals surface area contributed by atoms with Gasteiger partial charge in [-0.2, -0.15) is 16.4 Å². The van der Waals surface area contributed by atoms with E-state index in [9.17, 15) is 5.11 Å². The van der Waals surface area contributed by atoms with Crippen molar-refractivity contribution in [2.45, 2.75) is 46.3 Å². The number of nitrogens with one attached hydrogen (secondary N) is 2. The maximum atomic E-state index is 10.6. The number of guanidine groups is 1. The van der Waals surface area contributed by atoms with Crippen LogP contribution in [0.1, 0.15) is 37.2 Å². The summed E-state index contributed by atoms with van der Waals surface area (Å²) in [6.45, 7) is 10.7. The molecule has 0 saturated carbocycles. The molecule has 1 unspecified atom stereocenters. The number of hydrogen-bond donors (Lipinski definition) is 3. The molecule has 0 aliphatic rings. The molecule has 0 fully saturated rings. The van der Waals surface area contributed by atoms with Crippen LogP contribution in [0.15, 0.2) is 27.9 Å². The van der Waals surface area contributed by atoms with Crippen molar-refractivity contribution in [1.29, 1.82) is 0 Å². The van der Waals surface area contributed by atoms with E-state index in [2.05, 4.69) is 33.7 Å². The summed E-state index contributed by atoms with van der Waals surface area (Å²) in [4.78, 5) is 4.53. The van der Waals surface area contributed by atoms with Crippen LogP contribution >= 0.6 is 35.3 Å². The van der Waals surface area contributed by atoms with E-state index in [0.29, 0.717) is 6.54 Å². The molecule has 26 heavy (non-hydrogen) atoms. The Balaban J connectivity index is 0.00000338. The largest absolute Gasteiger partial charge is 0.383 e. The third-order valence-electron chi connectivity index (χ3n) is 3.97. The molecule has 0 bridgehead atoms. The summed E-state index contributed by atoms with van der Waals surface area (Å²) in [7, 11) is 0. The molecule has 2 aromatic rings. The lowest BCUT2D eigenvalue weighted by atomic mass is 10.00. The minimum atomic E-state index is -0.952. The van der Waals surface area contributed by atoms with E-state index in [0.717, 1.165) is 43.3 Å². The first-order valence-electron chi connectivity index (χ1n) is 8.70. The van der Waals surface area contributed by atoms with E-state index in [1.165, 1.54) is 5.69 Å². The van der Waals surface area contributed by atoms with Gasteiger partial charge in [0.15, 0.2) is 5.96 Å². The van der Waals surface area contributed by atoms with Gasteiger partial charge in [-0.3, -0.25) is 4.68 Å². The van der Waals surface area contributed by atoms with Gasteiger partial charge in [0.1, 0.15) is 5.60 Å². The summed E-state index contributed by atoms with van der Waals surface area (Å²) < 4.78 is 2.03. The molecule has 0 spiro atoms. The number of hydrogen-bond acceptors (Lipinski definition) is 4. The van der Waals surface area contributed by atoms with Crippen LogP contribution in [-0.4, -0.2) is 40.5 Å². The molecule has 2 aromatic heterocycles. The smallest absolute Gasteiger partial charge is 0.191 e. The first kappa shape index (κ1) is 22.9. The Labute approximate surface area is 177 Å². The van der Waals surface area contributed by atoms with Crippen molar-refractivity contribution in [2.24, 2.45) is 4.99 Å². The molecule has 146 valence electrons. The topological polar surface area (TPSA) is 74.5 Å². The average Bonchev–Trinajstić information content (AvgIpc) is 3.19. The number of aliphatic imine (C=N–C) groups is 1. The molecule has 0 aliphatic heterocycles. The maximum Gasteiger partial charge on any atom is 0.191 e. The lowest BCUT2D eigenvalue weighted by Gasteiger charge is -2.21. The number of aliphatic hydroxyl groups is 1.